The number of primary amides is 1. The van der Waals surface area contributed by atoms with Crippen LogP contribution in [0.2, 0.25) is 0 Å². The molecule has 1 aromatic heterocycles. The highest BCUT2D eigenvalue weighted by molar-refractivity contribution is 6.05. The molecule has 1 amide bonds. The standard InChI is InChI=1S/C20H21N3O4/c1-22-6-8-23(9-7-22)18(19(21)25)12-2-4-14-15-5-3-13(24)11-17(15)27-20(26)16(14)10-12/h2-5,10-11,18,24H,6-9H2,1H3,(H2,21,25). The van der Waals surface area contributed by atoms with Gasteiger partial charge in [0.05, 0.1) is 5.39 Å². The lowest BCUT2D eigenvalue weighted by Crippen LogP contribution is -2.49. The molecule has 0 bridgehead atoms. The van der Waals surface area contributed by atoms with Gasteiger partial charge in [-0.3, -0.25) is 9.69 Å². The quantitative estimate of drug-likeness (QED) is 0.537. The van der Waals surface area contributed by atoms with E-state index in [2.05, 4.69) is 4.90 Å². The number of phenolic OH excluding ortho intramolecular Hbond substituents is 1. The maximum Gasteiger partial charge on any atom is 0.344 e. The molecule has 3 N–H and O–H groups in total. The lowest BCUT2D eigenvalue weighted by atomic mass is 9.99. The monoisotopic (exact) mass is 367 g/mol. The summed E-state index contributed by atoms with van der Waals surface area (Å²) >= 11 is 0. The molecule has 27 heavy (non-hydrogen) atoms. The summed E-state index contributed by atoms with van der Waals surface area (Å²) in [5.41, 5.74) is 6.20. The van der Waals surface area contributed by atoms with E-state index in [1.54, 1.807) is 18.2 Å². The van der Waals surface area contributed by atoms with Crippen molar-refractivity contribution in [2.24, 2.45) is 5.73 Å². The van der Waals surface area contributed by atoms with Crippen LogP contribution in [0.5, 0.6) is 5.75 Å². The summed E-state index contributed by atoms with van der Waals surface area (Å²) in [6, 6.07) is 9.43. The normalized spacial score (nSPS) is 17.4. The summed E-state index contributed by atoms with van der Waals surface area (Å²) in [4.78, 5) is 28.9. The van der Waals surface area contributed by atoms with Gasteiger partial charge in [0, 0.05) is 37.6 Å². The Morgan fingerprint density at radius 3 is 2.48 bits per heavy atom. The van der Waals surface area contributed by atoms with E-state index in [-0.39, 0.29) is 5.75 Å². The summed E-state index contributed by atoms with van der Waals surface area (Å²) in [7, 11) is 2.04. The molecule has 2 heterocycles. The average molecular weight is 367 g/mol. The first-order chi connectivity index (χ1) is 12.9. The Balaban J connectivity index is 1.83. The van der Waals surface area contributed by atoms with Gasteiger partial charge in [0.15, 0.2) is 0 Å². The minimum atomic E-state index is -0.585. The zero-order valence-corrected chi connectivity index (χ0v) is 15.0. The third-order valence-corrected chi connectivity index (χ3v) is 5.21. The van der Waals surface area contributed by atoms with Gasteiger partial charge in [-0.2, -0.15) is 0 Å². The van der Waals surface area contributed by atoms with E-state index >= 15 is 0 Å². The topological polar surface area (TPSA) is 100 Å². The second-order valence-electron chi connectivity index (χ2n) is 7.02. The molecule has 2 aromatic carbocycles. The third-order valence-electron chi connectivity index (χ3n) is 5.21. The van der Waals surface area contributed by atoms with Crippen molar-refractivity contribution in [1.29, 1.82) is 0 Å². The van der Waals surface area contributed by atoms with Gasteiger partial charge in [-0.1, -0.05) is 12.1 Å². The Morgan fingerprint density at radius 2 is 1.78 bits per heavy atom. The van der Waals surface area contributed by atoms with Crippen LogP contribution in [0.4, 0.5) is 0 Å². The summed E-state index contributed by atoms with van der Waals surface area (Å²) in [6.07, 6.45) is 0. The van der Waals surface area contributed by atoms with E-state index in [0.717, 1.165) is 31.6 Å². The van der Waals surface area contributed by atoms with Crippen LogP contribution in [0.1, 0.15) is 11.6 Å². The Hall–Kier alpha value is -2.90. The fourth-order valence-electron chi connectivity index (χ4n) is 3.74. The number of likely N-dealkylation sites (N-methyl/N-ethyl adjacent to an activating group) is 1. The molecule has 0 spiro atoms. The Morgan fingerprint density at radius 1 is 1.07 bits per heavy atom. The van der Waals surface area contributed by atoms with Gasteiger partial charge in [-0.15, -0.1) is 0 Å². The van der Waals surface area contributed by atoms with Crippen molar-refractivity contribution in [3.05, 3.63) is 52.4 Å². The highest BCUT2D eigenvalue weighted by Crippen LogP contribution is 2.29. The van der Waals surface area contributed by atoms with E-state index in [1.165, 1.54) is 6.07 Å². The van der Waals surface area contributed by atoms with Gasteiger partial charge in [0.1, 0.15) is 17.4 Å². The molecule has 0 aliphatic carbocycles. The average Bonchev–Trinajstić information content (AvgIpc) is 2.63. The Labute approximate surface area is 155 Å². The van der Waals surface area contributed by atoms with Crippen LogP contribution in [0.3, 0.4) is 0 Å². The van der Waals surface area contributed by atoms with Crippen LogP contribution in [0.25, 0.3) is 21.7 Å². The van der Waals surface area contributed by atoms with E-state index in [9.17, 15) is 14.7 Å². The smallest absolute Gasteiger partial charge is 0.344 e. The maximum atomic E-state index is 12.5. The molecule has 7 nitrogen and oxygen atoms in total. The van der Waals surface area contributed by atoms with Crippen molar-refractivity contribution in [3.63, 3.8) is 0 Å². The number of hydrogen-bond acceptors (Lipinski definition) is 6. The van der Waals surface area contributed by atoms with Crippen molar-refractivity contribution < 1.29 is 14.3 Å². The highest BCUT2D eigenvalue weighted by Gasteiger charge is 2.28. The SMILES string of the molecule is CN1CCN(C(C(N)=O)c2ccc3c(c2)c(=O)oc2cc(O)ccc23)CC1. The van der Waals surface area contributed by atoms with Gasteiger partial charge in [0.2, 0.25) is 5.91 Å². The van der Waals surface area contributed by atoms with Crippen LogP contribution >= 0.6 is 0 Å². The number of rotatable bonds is 3. The molecule has 4 rings (SSSR count). The Bertz CT molecular complexity index is 1080. The summed E-state index contributed by atoms with van der Waals surface area (Å²) in [5, 5.41) is 11.4. The van der Waals surface area contributed by atoms with Gasteiger partial charge in [-0.25, -0.2) is 4.79 Å². The van der Waals surface area contributed by atoms with Crippen molar-refractivity contribution in [1.82, 2.24) is 9.80 Å². The molecule has 1 saturated heterocycles. The Kier molecular flexibility index (Phi) is 4.33. The molecule has 0 radical (unpaired) electrons. The number of nitrogens with zero attached hydrogens (tertiary/aromatic N) is 2. The van der Waals surface area contributed by atoms with Crippen molar-refractivity contribution in [2.75, 3.05) is 33.2 Å². The molecule has 1 unspecified atom stereocenters. The molecule has 1 aliphatic rings. The predicted octanol–water partition coefficient (Wildman–Crippen LogP) is 1.43. The van der Waals surface area contributed by atoms with Crippen LogP contribution in [-0.2, 0) is 4.79 Å². The second kappa shape index (κ2) is 6.68. The van der Waals surface area contributed by atoms with E-state index in [1.807, 2.05) is 24.1 Å². The number of carbonyl (C=O) groups is 1. The lowest BCUT2D eigenvalue weighted by molar-refractivity contribution is -0.124. The summed E-state index contributed by atoms with van der Waals surface area (Å²) in [5.74, 6) is -0.403. The number of piperazine rings is 1. The predicted molar refractivity (Wildman–Crippen MR) is 103 cm³/mol. The van der Waals surface area contributed by atoms with Crippen LogP contribution in [-0.4, -0.2) is 54.0 Å². The molecule has 0 saturated carbocycles. The number of carbonyl (C=O) groups excluding carboxylic acids is 1. The van der Waals surface area contributed by atoms with Crippen LogP contribution < -0.4 is 11.4 Å². The first kappa shape index (κ1) is 17.5. The molecular formula is C20H21N3O4. The van der Waals surface area contributed by atoms with Gasteiger partial charge in [-0.05, 0) is 36.2 Å². The zero-order chi connectivity index (χ0) is 19.1. The van der Waals surface area contributed by atoms with Crippen molar-refractivity contribution in [2.45, 2.75) is 6.04 Å². The molecule has 140 valence electrons. The summed E-state index contributed by atoms with van der Waals surface area (Å²) < 4.78 is 5.36. The van der Waals surface area contributed by atoms with E-state index in [4.69, 9.17) is 10.2 Å². The lowest BCUT2D eigenvalue weighted by Gasteiger charge is -2.36. The number of amides is 1. The van der Waals surface area contributed by atoms with E-state index in [0.29, 0.717) is 21.9 Å². The molecule has 1 atom stereocenters. The van der Waals surface area contributed by atoms with Gasteiger partial charge >= 0.3 is 5.63 Å². The van der Waals surface area contributed by atoms with Crippen LogP contribution in [0.15, 0.2) is 45.6 Å². The number of benzene rings is 2. The second-order valence-corrected chi connectivity index (χ2v) is 7.02. The number of aromatic hydroxyl groups is 1. The molecule has 7 heteroatoms. The molecule has 1 aliphatic heterocycles. The fraction of sp³-hybridized carbons (Fsp3) is 0.300. The number of hydrogen-bond donors (Lipinski definition) is 2. The zero-order valence-electron chi connectivity index (χ0n) is 15.0. The van der Waals surface area contributed by atoms with E-state index < -0.39 is 17.6 Å². The number of phenols is 1. The highest BCUT2D eigenvalue weighted by atomic mass is 16.4. The van der Waals surface area contributed by atoms with Gasteiger partial charge in [0.25, 0.3) is 0 Å². The molecular weight excluding hydrogens is 346 g/mol. The molecule has 1 fully saturated rings. The third kappa shape index (κ3) is 3.15. The number of fused-ring (bicyclic) bond motifs is 3. The minimum Gasteiger partial charge on any atom is -0.508 e. The van der Waals surface area contributed by atoms with Gasteiger partial charge < -0.3 is 20.2 Å². The first-order valence-corrected chi connectivity index (χ1v) is 8.85. The largest absolute Gasteiger partial charge is 0.508 e. The minimum absolute atomic E-state index is 0.0329. The van der Waals surface area contributed by atoms with Crippen LogP contribution in [0, 0.1) is 0 Å². The van der Waals surface area contributed by atoms with Crippen molar-refractivity contribution >= 4 is 27.6 Å². The maximum absolute atomic E-state index is 12.5. The van der Waals surface area contributed by atoms with Crippen molar-refractivity contribution in [3.8, 4) is 5.75 Å². The number of nitrogens with two attached hydrogens (primary N) is 1. The summed E-state index contributed by atoms with van der Waals surface area (Å²) in [6.45, 7) is 3.17. The molecule has 3 aromatic rings. The fourth-order valence-corrected chi connectivity index (χ4v) is 3.74. The first-order valence-electron chi connectivity index (χ1n) is 8.85.